The third-order valence-electron chi connectivity index (χ3n) is 2.22. The van der Waals surface area contributed by atoms with Crippen LogP contribution in [-0.2, 0) is 22.5 Å². The molecule has 16 heavy (non-hydrogen) atoms. The average molecular weight is 220 g/mol. The van der Waals surface area contributed by atoms with E-state index >= 15 is 0 Å². The van der Waals surface area contributed by atoms with Crippen LogP contribution in [0.5, 0.6) is 5.75 Å². The quantitative estimate of drug-likeness (QED) is 0.720. The molecule has 0 aliphatic rings. The fraction of sp³-hybridized carbons (Fsp3) is 0.273. The first-order valence-electron chi connectivity index (χ1n) is 4.64. The second kappa shape index (κ2) is 5.14. The second-order valence-corrected chi connectivity index (χ2v) is 3.20. The molecule has 0 bridgehead atoms. The van der Waals surface area contributed by atoms with Gasteiger partial charge in [-0.1, -0.05) is 0 Å². The second-order valence-electron chi connectivity index (χ2n) is 3.20. The Hall–Kier alpha value is -2.06. The van der Waals surface area contributed by atoms with Crippen molar-refractivity contribution in [3.05, 3.63) is 28.8 Å². The van der Waals surface area contributed by atoms with Gasteiger partial charge in [0, 0.05) is 6.54 Å². The van der Waals surface area contributed by atoms with E-state index in [1.54, 1.807) is 0 Å². The topological polar surface area (TPSA) is 96.3 Å². The molecule has 1 rings (SSSR count). The molecule has 0 heterocycles. The fourth-order valence-corrected chi connectivity index (χ4v) is 1.42. The van der Waals surface area contributed by atoms with Crippen LogP contribution in [0, 0.1) is 11.3 Å². The monoisotopic (exact) mass is 220 g/mol. The number of hydrogen-bond donors (Lipinski definition) is 2. The number of esters is 1. The van der Waals surface area contributed by atoms with E-state index in [1.807, 2.05) is 6.07 Å². The van der Waals surface area contributed by atoms with E-state index in [9.17, 15) is 9.90 Å². The molecule has 0 amide bonds. The molecule has 1 aromatic rings. The zero-order chi connectivity index (χ0) is 12.1. The van der Waals surface area contributed by atoms with Gasteiger partial charge in [0.15, 0.2) is 0 Å². The highest BCUT2D eigenvalue weighted by Crippen LogP contribution is 2.22. The van der Waals surface area contributed by atoms with E-state index in [0.717, 1.165) is 0 Å². The molecule has 1 aromatic carbocycles. The van der Waals surface area contributed by atoms with Crippen molar-refractivity contribution in [2.45, 2.75) is 13.0 Å². The van der Waals surface area contributed by atoms with Gasteiger partial charge >= 0.3 is 5.97 Å². The summed E-state index contributed by atoms with van der Waals surface area (Å²) in [6.45, 7) is 0.148. The van der Waals surface area contributed by atoms with Gasteiger partial charge in [-0.2, -0.15) is 5.26 Å². The van der Waals surface area contributed by atoms with Crippen molar-refractivity contribution < 1.29 is 14.6 Å². The molecule has 0 fully saturated rings. The number of benzene rings is 1. The Morgan fingerprint density at radius 2 is 2.31 bits per heavy atom. The first-order valence-corrected chi connectivity index (χ1v) is 4.64. The summed E-state index contributed by atoms with van der Waals surface area (Å²) in [5.74, 6) is -0.484. The maximum Gasteiger partial charge on any atom is 0.310 e. The van der Waals surface area contributed by atoms with E-state index in [2.05, 4.69) is 4.74 Å². The number of methoxy groups -OCH3 is 1. The van der Waals surface area contributed by atoms with Crippen molar-refractivity contribution in [2.24, 2.45) is 5.73 Å². The molecular weight excluding hydrogens is 208 g/mol. The predicted molar refractivity (Wildman–Crippen MR) is 56.4 cm³/mol. The molecule has 0 saturated heterocycles. The largest absolute Gasteiger partial charge is 0.508 e. The molecule has 0 saturated carbocycles. The van der Waals surface area contributed by atoms with Crippen LogP contribution >= 0.6 is 0 Å². The maximum absolute atomic E-state index is 11.2. The number of phenolic OH excluding ortho intramolecular Hbond substituents is 1. The molecule has 5 heteroatoms. The molecule has 0 unspecified atom stereocenters. The smallest absolute Gasteiger partial charge is 0.310 e. The van der Waals surface area contributed by atoms with Crippen LogP contribution in [0.3, 0.4) is 0 Å². The van der Waals surface area contributed by atoms with Crippen LogP contribution in [0.2, 0.25) is 0 Å². The average Bonchev–Trinajstić information content (AvgIpc) is 2.30. The van der Waals surface area contributed by atoms with E-state index in [4.69, 9.17) is 11.0 Å². The van der Waals surface area contributed by atoms with Crippen LogP contribution in [-0.4, -0.2) is 18.2 Å². The molecule has 5 nitrogen and oxygen atoms in total. The SMILES string of the molecule is COC(=O)Cc1c(C#N)cc(O)cc1CN. The number of ether oxygens (including phenoxy) is 1. The van der Waals surface area contributed by atoms with Gasteiger partial charge in [0.05, 0.1) is 25.2 Å². The molecular formula is C11H12N2O3. The number of carbonyl (C=O) groups excluding carboxylic acids is 1. The number of rotatable bonds is 3. The van der Waals surface area contributed by atoms with Crippen molar-refractivity contribution >= 4 is 5.97 Å². The maximum atomic E-state index is 11.2. The van der Waals surface area contributed by atoms with Gasteiger partial charge in [-0.3, -0.25) is 4.79 Å². The zero-order valence-corrected chi connectivity index (χ0v) is 8.86. The van der Waals surface area contributed by atoms with E-state index in [0.29, 0.717) is 11.1 Å². The summed E-state index contributed by atoms with van der Waals surface area (Å²) in [6, 6.07) is 4.66. The number of hydrogen-bond acceptors (Lipinski definition) is 5. The van der Waals surface area contributed by atoms with Crippen LogP contribution in [0.4, 0.5) is 0 Å². The summed E-state index contributed by atoms with van der Waals surface area (Å²) in [5, 5.41) is 18.2. The Bertz CT molecular complexity index is 449. The minimum absolute atomic E-state index is 0.0216. The Morgan fingerprint density at radius 1 is 1.62 bits per heavy atom. The van der Waals surface area contributed by atoms with Crippen molar-refractivity contribution in [3.8, 4) is 11.8 Å². The van der Waals surface area contributed by atoms with Crippen molar-refractivity contribution in [1.29, 1.82) is 5.26 Å². The van der Waals surface area contributed by atoms with Crippen molar-refractivity contribution in [1.82, 2.24) is 0 Å². The summed E-state index contributed by atoms with van der Waals surface area (Å²) in [5.41, 5.74) is 6.81. The third kappa shape index (κ3) is 2.49. The first-order chi connectivity index (χ1) is 7.62. The van der Waals surface area contributed by atoms with Gasteiger partial charge in [-0.15, -0.1) is 0 Å². The summed E-state index contributed by atoms with van der Waals surface area (Å²) in [7, 11) is 1.27. The number of phenols is 1. The van der Waals surface area contributed by atoms with Gasteiger partial charge in [-0.05, 0) is 23.3 Å². The van der Waals surface area contributed by atoms with Crippen molar-refractivity contribution in [3.63, 3.8) is 0 Å². The molecule has 0 atom stereocenters. The summed E-state index contributed by atoms with van der Waals surface area (Å²) in [4.78, 5) is 11.2. The number of carbonyl (C=O) groups is 1. The fourth-order valence-electron chi connectivity index (χ4n) is 1.42. The number of aromatic hydroxyl groups is 1. The van der Waals surface area contributed by atoms with Gasteiger partial charge in [0.2, 0.25) is 0 Å². The zero-order valence-electron chi connectivity index (χ0n) is 8.86. The number of nitrogens with two attached hydrogens (primary N) is 1. The molecule has 0 spiro atoms. The highest BCUT2D eigenvalue weighted by atomic mass is 16.5. The molecule has 0 radical (unpaired) electrons. The van der Waals surface area contributed by atoms with Gasteiger partial charge < -0.3 is 15.6 Å². The van der Waals surface area contributed by atoms with Crippen LogP contribution in [0.15, 0.2) is 12.1 Å². The highest BCUT2D eigenvalue weighted by Gasteiger charge is 2.13. The standard InChI is InChI=1S/C11H12N2O3/c1-16-11(15)4-10-7(5-12)2-9(14)3-8(10)6-13/h2-3,14H,4-5,12H2,1H3. The highest BCUT2D eigenvalue weighted by molar-refractivity contribution is 5.74. The molecule has 0 aromatic heterocycles. The number of nitrogens with zero attached hydrogens (tertiary/aromatic N) is 1. The summed E-state index contributed by atoms with van der Waals surface area (Å²) in [6.07, 6.45) is -0.0216. The van der Waals surface area contributed by atoms with E-state index in [1.165, 1.54) is 19.2 Å². The molecule has 0 aliphatic heterocycles. The van der Waals surface area contributed by atoms with Gasteiger partial charge in [0.25, 0.3) is 0 Å². The Morgan fingerprint density at radius 3 is 2.81 bits per heavy atom. The van der Waals surface area contributed by atoms with Crippen LogP contribution in [0.1, 0.15) is 16.7 Å². The summed E-state index contributed by atoms with van der Waals surface area (Å²) >= 11 is 0. The third-order valence-corrected chi connectivity index (χ3v) is 2.22. The Labute approximate surface area is 93.1 Å². The lowest BCUT2D eigenvalue weighted by Crippen LogP contribution is -2.11. The molecule has 3 N–H and O–H groups in total. The van der Waals surface area contributed by atoms with E-state index < -0.39 is 5.97 Å². The van der Waals surface area contributed by atoms with Crippen molar-refractivity contribution in [2.75, 3.05) is 7.11 Å². The first kappa shape index (κ1) is 12.0. The lowest BCUT2D eigenvalue weighted by Gasteiger charge is -2.09. The summed E-state index contributed by atoms with van der Waals surface area (Å²) < 4.78 is 4.53. The Kier molecular flexibility index (Phi) is 3.86. The van der Waals surface area contributed by atoms with Crippen LogP contribution in [0.25, 0.3) is 0 Å². The van der Waals surface area contributed by atoms with Gasteiger partial charge in [-0.25, -0.2) is 0 Å². The van der Waals surface area contributed by atoms with Gasteiger partial charge in [0.1, 0.15) is 5.75 Å². The predicted octanol–water partition coefficient (Wildman–Crippen LogP) is 0.438. The lowest BCUT2D eigenvalue weighted by atomic mass is 9.98. The number of nitriles is 1. The van der Waals surface area contributed by atoms with E-state index in [-0.39, 0.29) is 24.3 Å². The molecule has 0 aliphatic carbocycles. The Balaban J connectivity index is 3.23. The minimum atomic E-state index is -0.447. The molecule has 84 valence electrons. The van der Waals surface area contributed by atoms with Crippen LogP contribution < -0.4 is 5.73 Å². The lowest BCUT2D eigenvalue weighted by molar-refractivity contribution is -0.139. The minimum Gasteiger partial charge on any atom is -0.508 e. The normalized spacial score (nSPS) is 9.56.